The second-order valence-electron chi connectivity index (χ2n) is 3.15. The number of rotatable bonds is 3. The number of allylic oxidation sites excluding steroid dienone is 1. The number of hydrogen-bond donors (Lipinski definition) is 0. The molecule has 1 radical (unpaired) electrons. The molecule has 0 N–H and O–H groups in total. The van der Waals surface area contributed by atoms with Gasteiger partial charge in [0.05, 0.1) is 4.92 Å². The van der Waals surface area contributed by atoms with Crippen molar-refractivity contribution in [1.29, 1.82) is 0 Å². The molecule has 0 aliphatic heterocycles. The van der Waals surface area contributed by atoms with Gasteiger partial charge in [-0.1, -0.05) is 12.1 Å². The zero-order valence-corrected chi connectivity index (χ0v) is 8.06. The normalized spacial score (nSPS) is 12.1. The summed E-state index contributed by atoms with van der Waals surface area (Å²) >= 11 is 0. The number of nitro benzene ring substituents is 1. The Bertz CT molecular complexity index is 372. The maximum absolute atomic E-state index is 10.5. The minimum atomic E-state index is -0.384. The van der Waals surface area contributed by atoms with Crippen LogP contribution in [-0.4, -0.2) is 4.92 Å². The van der Waals surface area contributed by atoms with Gasteiger partial charge in [0.2, 0.25) is 0 Å². The Morgan fingerprint density at radius 1 is 1.57 bits per heavy atom. The van der Waals surface area contributed by atoms with Crippen LogP contribution in [0.25, 0.3) is 0 Å². The minimum Gasteiger partial charge on any atom is -0.258 e. The fourth-order valence-corrected chi connectivity index (χ4v) is 1.25. The molecule has 0 spiro atoms. The predicted molar refractivity (Wildman–Crippen MR) is 56.1 cm³/mol. The van der Waals surface area contributed by atoms with Crippen molar-refractivity contribution in [3.63, 3.8) is 0 Å². The molecule has 0 aliphatic rings. The molecule has 0 heterocycles. The van der Waals surface area contributed by atoms with Gasteiger partial charge in [0.1, 0.15) is 0 Å². The maximum atomic E-state index is 10.5. The van der Waals surface area contributed by atoms with E-state index in [1.54, 1.807) is 25.1 Å². The van der Waals surface area contributed by atoms with Gasteiger partial charge in [0.25, 0.3) is 5.69 Å². The second-order valence-corrected chi connectivity index (χ2v) is 3.15. The fraction of sp³-hybridized carbons (Fsp3) is 0.182. The second kappa shape index (κ2) is 4.05. The molecule has 0 saturated heterocycles. The third-order valence-electron chi connectivity index (χ3n) is 2.13. The van der Waals surface area contributed by atoms with E-state index in [1.165, 1.54) is 6.07 Å². The van der Waals surface area contributed by atoms with Gasteiger partial charge in [-0.15, -0.1) is 6.58 Å². The lowest BCUT2D eigenvalue weighted by Crippen LogP contribution is -1.95. The highest BCUT2D eigenvalue weighted by molar-refractivity contribution is 5.43. The van der Waals surface area contributed by atoms with Crippen LogP contribution in [0.5, 0.6) is 0 Å². The van der Waals surface area contributed by atoms with Gasteiger partial charge in [-0.25, -0.2) is 0 Å². The van der Waals surface area contributed by atoms with Gasteiger partial charge in [-0.05, 0) is 25.5 Å². The Hall–Kier alpha value is -1.64. The van der Waals surface area contributed by atoms with Crippen molar-refractivity contribution in [2.75, 3.05) is 0 Å². The Kier molecular flexibility index (Phi) is 3.02. The average Bonchev–Trinajstić information content (AvgIpc) is 2.15. The van der Waals surface area contributed by atoms with E-state index in [0.29, 0.717) is 5.56 Å². The smallest absolute Gasteiger partial charge is 0.258 e. The summed E-state index contributed by atoms with van der Waals surface area (Å²) in [6.45, 7) is 9.20. The topological polar surface area (TPSA) is 43.1 Å². The van der Waals surface area contributed by atoms with Crippen molar-refractivity contribution >= 4 is 5.69 Å². The molecule has 1 unspecified atom stereocenters. The molecule has 1 atom stereocenters. The third kappa shape index (κ3) is 1.99. The summed E-state index contributed by atoms with van der Waals surface area (Å²) in [6.07, 6.45) is 1.71. The number of hydrogen-bond acceptors (Lipinski definition) is 2. The van der Waals surface area contributed by atoms with E-state index in [1.807, 2.05) is 0 Å². The summed E-state index contributed by atoms with van der Waals surface area (Å²) in [6, 6.07) is 4.99. The lowest BCUT2D eigenvalue weighted by molar-refractivity contribution is -0.385. The van der Waals surface area contributed by atoms with E-state index in [9.17, 15) is 10.1 Å². The zero-order valence-electron chi connectivity index (χ0n) is 8.06. The van der Waals surface area contributed by atoms with Crippen LogP contribution in [0.3, 0.4) is 0 Å². The van der Waals surface area contributed by atoms with Crippen LogP contribution in [0.2, 0.25) is 0 Å². The molecule has 3 nitrogen and oxygen atoms in total. The van der Waals surface area contributed by atoms with E-state index < -0.39 is 0 Å². The van der Waals surface area contributed by atoms with Crippen molar-refractivity contribution in [1.82, 2.24) is 0 Å². The highest BCUT2D eigenvalue weighted by Gasteiger charge is 2.11. The molecule has 1 rings (SSSR count). The molecule has 73 valence electrons. The van der Waals surface area contributed by atoms with E-state index in [4.69, 9.17) is 0 Å². The summed E-state index contributed by atoms with van der Waals surface area (Å²) in [5, 5.41) is 10.5. The zero-order chi connectivity index (χ0) is 10.7. The van der Waals surface area contributed by atoms with Crippen LogP contribution in [0, 0.1) is 24.0 Å². The number of nitrogens with zero attached hydrogens (tertiary/aromatic N) is 1. The molecule has 0 saturated carbocycles. The highest BCUT2D eigenvalue weighted by Crippen LogP contribution is 2.23. The molecule has 1 aromatic rings. The molecule has 0 aromatic heterocycles. The minimum absolute atomic E-state index is 0.0190. The largest absolute Gasteiger partial charge is 0.272 e. The standard InChI is InChI=1S/C11H12NO2/c1-4-8(2)10-5-6-11(12(13)14)9(3)7-10/h4-8H,1-2H2,3H3. The third-order valence-corrected chi connectivity index (χ3v) is 2.13. The average molecular weight is 190 g/mol. The van der Waals surface area contributed by atoms with Gasteiger partial charge in [-0.2, -0.15) is 0 Å². The van der Waals surface area contributed by atoms with E-state index in [2.05, 4.69) is 13.5 Å². The lowest BCUT2D eigenvalue weighted by Gasteiger charge is -2.06. The number of nitro groups is 1. The Morgan fingerprint density at radius 3 is 2.64 bits per heavy atom. The monoisotopic (exact) mass is 190 g/mol. The first-order valence-electron chi connectivity index (χ1n) is 4.27. The highest BCUT2D eigenvalue weighted by atomic mass is 16.6. The number of benzene rings is 1. The molecule has 1 aromatic carbocycles. The van der Waals surface area contributed by atoms with Crippen molar-refractivity contribution in [2.24, 2.45) is 0 Å². The van der Waals surface area contributed by atoms with Crippen molar-refractivity contribution in [3.8, 4) is 0 Å². The van der Waals surface area contributed by atoms with Crippen LogP contribution in [0.1, 0.15) is 17.0 Å². The quantitative estimate of drug-likeness (QED) is 0.417. The summed E-state index contributed by atoms with van der Waals surface area (Å²) < 4.78 is 0. The molecule has 0 bridgehead atoms. The first-order valence-corrected chi connectivity index (χ1v) is 4.27. The fourth-order valence-electron chi connectivity index (χ4n) is 1.25. The van der Waals surface area contributed by atoms with Gasteiger partial charge < -0.3 is 0 Å². The molecule has 0 fully saturated rings. The molecule has 0 amide bonds. The van der Waals surface area contributed by atoms with Crippen LogP contribution in [0.4, 0.5) is 5.69 Å². The van der Waals surface area contributed by atoms with Crippen LogP contribution in [-0.2, 0) is 0 Å². The van der Waals surface area contributed by atoms with Gasteiger partial charge >= 0.3 is 0 Å². The first-order chi connectivity index (χ1) is 6.56. The molecular formula is C11H12NO2. The van der Waals surface area contributed by atoms with Gasteiger partial charge in [0.15, 0.2) is 0 Å². The first kappa shape index (κ1) is 10.4. The summed E-state index contributed by atoms with van der Waals surface area (Å²) in [5.41, 5.74) is 1.75. The Morgan fingerprint density at radius 2 is 2.21 bits per heavy atom. The Labute approximate surface area is 83.2 Å². The van der Waals surface area contributed by atoms with Crippen molar-refractivity contribution in [3.05, 3.63) is 59.0 Å². The number of aryl methyl sites for hydroxylation is 1. The predicted octanol–water partition coefficient (Wildman–Crippen LogP) is 3.01. The summed E-state index contributed by atoms with van der Waals surface area (Å²) in [7, 11) is 0. The van der Waals surface area contributed by atoms with E-state index in [-0.39, 0.29) is 16.5 Å². The molecular weight excluding hydrogens is 178 g/mol. The van der Waals surface area contributed by atoms with Crippen LogP contribution < -0.4 is 0 Å². The van der Waals surface area contributed by atoms with Crippen LogP contribution in [0.15, 0.2) is 30.9 Å². The summed E-state index contributed by atoms with van der Waals surface area (Å²) in [5.74, 6) is -0.0190. The SMILES string of the molecule is [CH2]C(C=C)c1ccc([N+](=O)[O-])c(C)c1. The molecule has 3 heteroatoms. The van der Waals surface area contributed by atoms with Crippen LogP contribution >= 0.6 is 0 Å². The Balaban J connectivity index is 3.12. The van der Waals surface area contributed by atoms with Crippen molar-refractivity contribution < 1.29 is 4.92 Å². The van der Waals surface area contributed by atoms with E-state index >= 15 is 0 Å². The molecule has 0 aliphatic carbocycles. The molecule has 14 heavy (non-hydrogen) atoms. The van der Waals surface area contributed by atoms with Crippen molar-refractivity contribution in [2.45, 2.75) is 12.8 Å². The lowest BCUT2D eigenvalue weighted by atomic mass is 9.99. The maximum Gasteiger partial charge on any atom is 0.272 e. The van der Waals surface area contributed by atoms with E-state index in [0.717, 1.165) is 5.56 Å². The summed E-state index contributed by atoms with van der Waals surface area (Å²) in [4.78, 5) is 10.2. The van der Waals surface area contributed by atoms with Gasteiger partial charge in [0, 0.05) is 17.5 Å². The van der Waals surface area contributed by atoms with Gasteiger partial charge in [-0.3, -0.25) is 10.1 Å².